The summed E-state index contributed by atoms with van der Waals surface area (Å²) in [5, 5.41) is 19.3. The molecule has 6 heteroatoms. The van der Waals surface area contributed by atoms with Gasteiger partial charge in [-0.15, -0.1) is 0 Å². The van der Waals surface area contributed by atoms with Crippen LogP contribution in [0, 0.1) is 5.92 Å². The van der Waals surface area contributed by atoms with Crippen LogP contribution >= 0.6 is 0 Å². The number of benzene rings is 1. The lowest BCUT2D eigenvalue weighted by atomic mass is 9.95. The molecule has 1 fully saturated rings. The Morgan fingerprint density at radius 3 is 2.69 bits per heavy atom. The maximum Gasteiger partial charge on any atom is 0.225 e. The van der Waals surface area contributed by atoms with E-state index in [0.717, 1.165) is 49.0 Å². The Balaban J connectivity index is 1.71. The van der Waals surface area contributed by atoms with Crippen LogP contribution < -0.4 is 16.0 Å². The van der Waals surface area contributed by atoms with Gasteiger partial charge in [0.25, 0.3) is 0 Å². The van der Waals surface area contributed by atoms with E-state index in [0.29, 0.717) is 5.95 Å². The first-order valence-corrected chi connectivity index (χ1v) is 9.51. The molecular weight excluding hydrogens is 326 g/mol. The van der Waals surface area contributed by atoms with Gasteiger partial charge in [0.2, 0.25) is 5.95 Å². The van der Waals surface area contributed by atoms with Crippen LogP contribution in [0.4, 0.5) is 11.8 Å². The fourth-order valence-corrected chi connectivity index (χ4v) is 3.20. The zero-order valence-corrected chi connectivity index (χ0v) is 15.4. The molecule has 26 heavy (non-hydrogen) atoms. The maximum atomic E-state index is 9.30. The lowest BCUT2D eigenvalue weighted by molar-refractivity contribution is 0.281. The van der Waals surface area contributed by atoms with Gasteiger partial charge in [-0.05, 0) is 45.2 Å². The Bertz CT molecular complexity index is 673. The van der Waals surface area contributed by atoms with Crippen molar-refractivity contribution in [3.63, 3.8) is 0 Å². The first kappa shape index (κ1) is 18.6. The van der Waals surface area contributed by atoms with Crippen LogP contribution in [0.5, 0.6) is 0 Å². The van der Waals surface area contributed by atoms with Gasteiger partial charge in [-0.2, -0.15) is 4.98 Å². The smallest absolute Gasteiger partial charge is 0.225 e. The maximum absolute atomic E-state index is 9.30. The number of nitrogens with one attached hydrogen (secondary N) is 3. The lowest BCUT2D eigenvalue weighted by Gasteiger charge is -2.22. The largest absolute Gasteiger partial charge is 0.394 e. The van der Waals surface area contributed by atoms with Gasteiger partial charge >= 0.3 is 0 Å². The van der Waals surface area contributed by atoms with Crippen molar-refractivity contribution in [1.29, 1.82) is 0 Å². The Hall–Kier alpha value is -2.18. The van der Waals surface area contributed by atoms with Gasteiger partial charge in [-0.3, -0.25) is 0 Å². The van der Waals surface area contributed by atoms with E-state index in [4.69, 9.17) is 0 Å². The Morgan fingerprint density at radius 1 is 1.19 bits per heavy atom. The zero-order chi connectivity index (χ0) is 18.2. The molecule has 2 aromatic rings. The van der Waals surface area contributed by atoms with Gasteiger partial charge < -0.3 is 21.1 Å². The fourth-order valence-electron chi connectivity index (χ4n) is 3.20. The van der Waals surface area contributed by atoms with Crippen LogP contribution in [0.15, 0.2) is 36.4 Å². The second kappa shape index (κ2) is 9.50. The molecule has 3 rings (SSSR count). The second-order valence-corrected chi connectivity index (χ2v) is 6.96. The Morgan fingerprint density at radius 2 is 1.96 bits per heavy atom. The molecule has 2 heterocycles. The Kier molecular flexibility index (Phi) is 6.80. The number of anilines is 2. The first-order chi connectivity index (χ1) is 12.7. The summed E-state index contributed by atoms with van der Waals surface area (Å²) in [6, 6.07) is 12.0. The molecule has 0 amide bonds. The molecule has 0 spiro atoms. The van der Waals surface area contributed by atoms with Crippen molar-refractivity contribution in [2.75, 3.05) is 36.9 Å². The van der Waals surface area contributed by atoms with Gasteiger partial charge in [0.05, 0.1) is 12.3 Å². The third-order valence-electron chi connectivity index (χ3n) is 4.76. The number of hydrogen-bond donors (Lipinski definition) is 4. The average Bonchev–Trinajstić information content (AvgIpc) is 2.69. The van der Waals surface area contributed by atoms with E-state index in [1.807, 2.05) is 43.3 Å². The summed E-state index contributed by atoms with van der Waals surface area (Å²) >= 11 is 0. The normalized spacial score (nSPS) is 16.2. The van der Waals surface area contributed by atoms with Crippen LogP contribution in [0.3, 0.4) is 0 Å². The highest BCUT2D eigenvalue weighted by molar-refractivity contribution is 5.64. The number of aliphatic hydroxyl groups is 1. The number of piperidine rings is 1. The van der Waals surface area contributed by atoms with E-state index in [1.54, 1.807) is 0 Å². The van der Waals surface area contributed by atoms with Gasteiger partial charge in [-0.1, -0.05) is 30.3 Å². The first-order valence-electron chi connectivity index (χ1n) is 9.51. The average molecular weight is 355 g/mol. The molecule has 1 aromatic heterocycles. The third-order valence-corrected chi connectivity index (χ3v) is 4.76. The summed E-state index contributed by atoms with van der Waals surface area (Å²) < 4.78 is 0. The monoisotopic (exact) mass is 355 g/mol. The van der Waals surface area contributed by atoms with Crippen molar-refractivity contribution >= 4 is 11.8 Å². The number of nitrogens with zero attached hydrogens (tertiary/aromatic N) is 2. The van der Waals surface area contributed by atoms with Crippen molar-refractivity contribution in [2.24, 2.45) is 5.92 Å². The van der Waals surface area contributed by atoms with E-state index >= 15 is 0 Å². The minimum absolute atomic E-state index is 0.0391. The molecule has 0 radical (unpaired) electrons. The molecule has 1 atom stereocenters. The molecule has 140 valence electrons. The van der Waals surface area contributed by atoms with E-state index in [2.05, 4.69) is 25.9 Å². The molecule has 0 saturated carbocycles. The summed E-state index contributed by atoms with van der Waals surface area (Å²) in [4.78, 5) is 9.18. The van der Waals surface area contributed by atoms with E-state index < -0.39 is 0 Å². The molecule has 1 aliphatic heterocycles. The summed E-state index contributed by atoms with van der Waals surface area (Å²) in [6.07, 6.45) is 3.66. The highest BCUT2D eigenvalue weighted by atomic mass is 16.3. The van der Waals surface area contributed by atoms with Crippen LogP contribution in [0.25, 0.3) is 11.3 Å². The number of rotatable bonds is 8. The Labute approximate surface area is 155 Å². The highest BCUT2D eigenvalue weighted by Gasteiger charge is 2.13. The van der Waals surface area contributed by atoms with Crippen molar-refractivity contribution in [3.05, 3.63) is 36.4 Å². The van der Waals surface area contributed by atoms with Crippen LogP contribution in [-0.4, -0.2) is 47.4 Å². The summed E-state index contributed by atoms with van der Waals surface area (Å²) in [5.74, 6) is 2.14. The van der Waals surface area contributed by atoms with E-state index in [1.165, 1.54) is 12.8 Å². The lowest BCUT2D eigenvalue weighted by Crippen LogP contribution is -2.28. The summed E-state index contributed by atoms with van der Waals surface area (Å²) in [7, 11) is 0. The van der Waals surface area contributed by atoms with Gasteiger partial charge in [-0.25, -0.2) is 4.98 Å². The predicted molar refractivity (Wildman–Crippen MR) is 106 cm³/mol. The SMILES string of the molecule is C[C@H](CO)Nc1nc(NCCC2CCNCC2)cc(-c2ccccc2)n1. The minimum Gasteiger partial charge on any atom is -0.394 e. The van der Waals surface area contributed by atoms with E-state index in [-0.39, 0.29) is 12.6 Å². The second-order valence-electron chi connectivity index (χ2n) is 6.96. The molecule has 4 N–H and O–H groups in total. The zero-order valence-electron chi connectivity index (χ0n) is 15.4. The molecule has 1 aromatic carbocycles. The minimum atomic E-state index is -0.0939. The molecule has 0 unspecified atom stereocenters. The van der Waals surface area contributed by atoms with Gasteiger partial charge in [0.1, 0.15) is 5.82 Å². The predicted octanol–water partition coefficient (Wildman–Crippen LogP) is 2.74. The van der Waals surface area contributed by atoms with Gasteiger partial charge in [0, 0.05) is 24.2 Å². The third kappa shape index (κ3) is 5.41. The van der Waals surface area contributed by atoms with Crippen molar-refractivity contribution in [1.82, 2.24) is 15.3 Å². The molecule has 0 bridgehead atoms. The van der Waals surface area contributed by atoms with Crippen LogP contribution in [0.2, 0.25) is 0 Å². The van der Waals surface area contributed by atoms with Gasteiger partial charge in [0.15, 0.2) is 0 Å². The number of hydrogen-bond acceptors (Lipinski definition) is 6. The van der Waals surface area contributed by atoms with E-state index in [9.17, 15) is 5.11 Å². The quantitative estimate of drug-likeness (QED) is 0.583. The topological polar surface area (TPSA) is 82.1 Å². The fraction of sp³-hybridized carbons (Fsp3) is 0.500. The van der Waals surface area contributed by atoms with Crippen molar-refractivity contribution in [2.45, 2.75) is 32.2 Å². The molecule has 1 saturated heterocycles. The van der Waals surface area contributed by atoms with Crippen molar-refractivity contribution in [3.8, 4) is 11.3 Å². The standard InChI is InChI=1S/C20H29N5O/c1-15(14-26)23-20-24-18(17-5-3-2-4-6-17)13-19(25-20)22-12-9-16-7-10-21-11-8-16/h2-6,13,15-16,21,26H,7-12,14H2,1H3,(H2,22,23,24,25)/t15-/m1/s1. The summed E-state index contributed by atoms with van der Waals surface area (Å²) in [6.45, 7) is 5.11. The molecule has 0 aliphatic carbocycles. The van der Waals surface area contributed by atoms with Crippen LogP contribution in [-0.2, 0) is 0 Å². The number of aliphatic hydroxyl groups excluding tert-OH is 1. The molecular formula is C20H29N5O. The molecule has 6 nitrogen and oxygen atoms in total. The molecule has 1 aliphatic rings. The highest BCUT2D eigenvalue weighted by Crippen LogP contribution is 2.22. The van der Waals surface area contributed by atoms with Crippen LogP contribution in [0.1, 0.15) is 26.2 Å². The summed E-state index contributed by atoms with van der Waals surface area (Å²) in [5.41, 5.74) is 1.92. The number of aromatic nitrogens is 2. The van der Waals surface area contributed by atoms with Crippen molar-refractivity contribution < 1.29 is 5.11 Å².